The van der Waals surface area contributed by atoms with E-state index in [-0.39, 0.29) is 42.2 Å². The molecule has 2 aliphatic rings. The van der Waals surface area contributed by atoms with Gasteiger partial charge in [0.25, 0.3) is 12.4 Å². The maximum atomic E-state index is 13.4. The van der Waals surface area contributed by atoms with E-state index in [4.69, 9.17) is 14.6 Å². The summed E-state index contributed by atoms with van der Waals surface area (Å²) in [7, 11) is 0. The molecular weight excluding hydrogens is 566 g/mol. The van der Waals surface area contributed by atoms with E-state index in [1.165, 1.54) is 6.92 Å². The molecule has 4 rings (SSSR count). The molecule has 0 spiro atoms. The third kappa shape index (κ3) is 9.72. The predicted octanol–water partition coefficient (Wildman–Crippen LogP) is 4.28. The van der Waals surface area contributed by atoms with Crippen LogP contribution in [-0.2, 0) is 19.1 Å². The molecule has 4 amide bonds. The lowest BCUT2D eigenvalue weighted by atomic mass is 9.92. The number of ether oxygens (including phenoxy) is 1. The monoisotopic (exact) mass is 609 g/mol. The summed E-state index contributed by atoms with van der Waals surface area (Å²) < 4.78 is 5.57. The number of likely N-dealkylation sites (tertiary alicyclic amines) is 1. The number of carboxylic acid groups (broad SMARTS) is 1. The highest BCUT2D eigenvalue weighted by molar-refractivity contribution is 6.05. The van der Waals surface area contributed by atoms with Gasteiger partial charge in [-0.05, 0) is 83.0 Å². The lowest BCUT2D eigenvalue weighted by molar-refractivity contribution is -0.138. The van der Waals surface area contributed by atoms with Crippen LogP contribution in [0.3, 0.4) is 0 Å². The largest absolute Gasteiger partial charge is 0.483 e. The number of piperazine rings is 1. The highest BCUT2D eigenvalue weighted by Gasteiger charge is 2.37. The zero-order valence-electron chi connectivity index (χ0n) is 26.0. The molecule has 2 atom stereocenters. The molecule has 0 aliphatic carbocycles. The minimum Gasteiger partial charge on any atom is -0.483 e. The van der Waals surface area contributed by atoms with Gasteiger partial charge in [-0.2, -0.15) is 0 Å². The Bertz CT molecular complexity index is 1320. The molecule has 2 heterocycles. The third-order valence-electron chi connectivity index (χ3n) is 7.39. The van der Waals surface area contributed by atoms with Crippen molar-refractivity contribution in [2.75, 3.05) is 48.3 Å². The second-order valence-electron chi connectivity index (χ2n) is 11.9. The normalized spacial score (nSPS) is 18.3. The minimum atomic E-state index is -0.575. The van der Waals surface area contributed by atoms with E-state index < -0.39 is 5.60 Å². The van der Waals surface area contributed by atoms with E-state index in [1.54, 1.807) is 29.2 Å². The van der Waals surface area contributed by atoms with Crippen LogP contribution >= 0.6 is 0 Å². The number of hydrogen-bond acceptors (Lipinski definition) is 7. The molecule has 0 saturated carbocycles. The number of carbonyl (C=O) groups excluding carboxylic acids is 4. The Labute approximate surface area is 258 Å². The Kier molecular flexibility index (Phi) is 11.7. The van der Waals surface area contributed by atoms with Gasteiger partial charge in [-0.3, -0.25) is 19.2 Å². The Morgan fingerprint density at radius 1 is 0.932 bits per heavy atom. The first-order chi connectivity index (χ1) is 20.8. The number of anilines is 3. The molecule has 2 saturated heterocycles. The quantitative estimate of drug-likeness (QED) is 0.426. The van der Waals surface area contributed by atoms with Gasteiger partial charge >= 0.3 is 6.09 Å². The van der Waals surface area contributed by atoms with Crippen LogP contribution in [0.5, 0.6) is 0 Å². The van der Waals surface area contributed by atoms with Crippen LogP contribution in [0.25, 0.3) is 0 Å². The number of rotatable bonds is 5. The minimum absolute atomic E-state index is 0.0485. The van der Waals surface area contributed by atoms with Gasteiger partial charge in [0, 0.05) is 68.3 Å². The van der Waals surface area contributed by atoms with Gasteiger partial charge in [0.1, 0.15) is 5.60 Å². The summed E-state index contributed by atoms with van der Waals surface area (Å²) in [6.45, 7) is 11.7. The molecule has 12 heteroatoms. The molecule has 44 heavy (non-hydrogen) atoms. The highest BCUT2D eigenvalue weighted by Crippen LogP contribution is 2.27. The van der Waals surface area contributed by atoms with E-state index in [1.807, 2.05) is 56.9 Å². The Morgan fingerprint density at radius 3 is 2.16 bits per heavy atom. The summed E-state index contributed by atoms with van der Waals surface area (Å²) in [6.07, 6.45) is 1.19. The van der Waals surface area contributed by atoms with Gasteiger partial charge in [-0.15, -0.1) is 0 Å². The van der Waals surface area contributed by atoms with Crippen LogP contribution in [0.4, 0.5) is 21.9 Å². The third-order valence-corrected chi connectivity index (χ3v) is 7.39. The average molecular weight is 610 g/mol. The van der Waals surface area contributed by atoms with Crippen LogP contribution in [0.1, 0.15) is 57.8 Å². The molecule has 0 bridgehead atoms. The van der Waals surface area contributed by atoms with Crippen LogP contribution in [-0.4, -0.2) is 89.6 Å². The SMILES string of the molecule is CC(=O)Nc1cccc(C(=O)Nc2ccc(N3CCN(C(=O)[C@H]4CC[C@H](C)N(C(=O)OC(C)(C)C)C4)CC3)cc2)c1.O=CO. The van der Waals surface area contributed by atoms with E-state index in [9.17, 15) is 19.2 Å². The van der Waals surface area contributed by atoms with Crippen molar-refractivity contribution in [3.05, 3.63) is 54.1 Å². The van der Waals surface area contributed by atoms with Gasteiger partial charge < -0.3 is 35.2 Å². The molecule has 2 aliphatic heterocycles. The van der Waals surface area contributed by atoms with Gasteiger partial charge in [-0.25, -0.2) is 4.79 Å². The van der Waals surface area contributed by atoms with Crippen molar-refractivity contribution in [1.29, 1.82) is 0 Å². The maximum Gasteiger partial charge on any atom is 0.410 e. The fourth-order valence-corrected chi connectivity index (χ4v) is 5.23. The first-order valence-corrected chi connectivity index (χ1v) is 14.7. The summed E-state index contributed by atoms with van der Waals surface area (Å²) >= 11 is 0. The number of nitrogens with zero attached hydrogens (tertiary/aromatic N) is 3. The topological polar surface area (TPSA) is 149 Å². The van der Waals surface area contributed by atoms with E-state index in [0.29, 0.717) is 49.7 Å². The average Bonchev–Trinajstić information content (AvgIpc) is 2.97. The van der Waals surface area contributed by atoms with E-state index >= 15 is 0 Å². The van der Waals surface area contributed by atoms with Crippen molar-refractivity contribution >= 4 is 47.3 Å². The van der Waals surface area contributed by atoms with Gasteiger partial charge in [0.2, 0.25) is 11.8 Å². The Morgan fingerprint density at radius 2 is 1.57 bits per heavy atom. The summed E-state index contributed by atoms with van der Waals surface area (Å²) in [5.74, 6) is -0.575. The lowest BCUT2D eigenvalue weighted by Gasteiger charge is -2.41. The molecule has 238 valence electrons. The van der Waals surface area contributed by atoms with Gasteiger partial charge in [0.15, 0.2) is 0 Å². The fraction of sp³-hybridized carbons (Fsp3) is 0.469. The van der Waals surface area contributed by atoms with E-state index in [0.717, 1.165) is 18.5 Å². The number of amides is 4. The first kappa shape index (κ1) is 33.9. The standard InChI is InChI=1S/C31H41N5O5.CH2O2/c1-21-9-10-24(20-36(21)30(40)41-31(3,4)5)29(39)35-17-15-34(16-18-35)27-13-11-25(12-14-27)33-28(38)23-7-6-8-26(19-23)32-22(2)37;2-1-3/h6-8,11-14,19,21,24H,9-10,15-18,20H2,1-5H3,(H,32,37)(H,33,38);1H,(H,2,3)/t21-,24-;/m0./s1. The van der Waals surface area contributed by atoms with Gasteiger partial charge in [0.05, 0.1) is 5.92 Å². The smallest absolute Gasteiger partial charge is 0.410 e. The number of piperidine rings is 1. The van der Waals surface area contributed by atoms with Crippen molar-refractivity contribution < 1.29 is 33.8 Å². The van der Waals surface area contributed by atoms with Crippen molar-refractivity contribution in [1.82, 2.24) is 9.80 Å². The van der Waals surface area contributed by atoms with Crippen LogP contribution in [0, 0.1) is 5.92 Å². The molecule has 0 unspecified atom stereocenters. The maximum absolute atomic E-state index is 13.4. The fourth-order valence-electron chi connectivity index (χ4n) is 5.23. The predicted molar refractivity (Wildman–Crippen MR) is 168 cm³/mol. The number of carbonyl (C=O) groups is 5. The Balaban J connectivity index is 0.00000169. The summed E-state index contributed by atoms with van der Waals surface area (Å²) in [6, 6.07) is 14.5. The van der Waals surface area contributed by atoms with Crippen LogP contribution in [0.2, 0.25) is 0 Å². The van der Waals surface area contributed by atoms with Crippen molar-refractivity contribution in [2.45, 2.75) is 59.1 Å². The summed E-state index contributed by atoms with van der Waals surface area (Å²) in [5.41, 5.74) is 2.12. The van der Waals surface area contributed by atoms with Crippen LogP contribution < -0.4 is 15.5 Å². The van der Waals surface area contributed by atoms with Crippen molar-refractivity contribution in [2.24, 2.45) is 5.92 Å². The molecular formula is C32H43N5O7. The summed E-state index contributed by atoms with van der Waals surface area (Å²) in [4.78, 5) is 64.3. The second-order valence-corrected chi connectivity index (χ2v) is 11.9. The first-order valence-electron chi connectivity index (χ1n) is 14.7. The zero-order chi connectivity index (χ0) is 32.4. The molecule has 12 nitrogen and oxygen atoms in total. The number of benzene rings is 2. The highest BCUT2D eigenvalue weighted by atomic mass is 16.6. The van der Waals surface area contributed by atoms with Gasteiger partial charge in [-0.1, -0.05) is 6.07 Å². The number of hydrogen-bond donors (Lipinski definition) is 3. The summed E-state index contributed by atoms with van der Waals surface area (Å²) in [5, 5.41) is 12.5. The van der Waals surface area contributed by atoms with E-state index in [2.05, 4.69) is 15.5 Å². The molecule has 2 aromatic rings. The Hall–Kier alpha value is -4.61. The van der Waals surface area contributed by atoms with Crippen molar-refractivity contribution in [3.8, 4) is 0 Å². The molecule has 2 aromatic carbocycles. The van der Waals surface area contributed by atoms with Crippen LogP contribution in [0.15, 0.2) is 48.5 Å². The molecule has 2 fully saturated rings. The molecule has 3 N–H and O–H groups in total. The lowest BCUT2D eigenvalue weighted by Crippen LogP contribution is -2.54. The zero-order valence-corrected chi connectivity index (χ0v) is 26.0. The second kappa shape index (κ2) is 15.2. The molecule has 0 aromatic heterocycles. The molecule has 0 radical (unpaired) electrons. The number of nitrogens with one attached hydrogen (secondary N) is 2. The van der Waals surface area contributed by atoms with Crippen molar-refractivity contribution in [3.63, 3.8) is 0 Å².